The second-order valence-corrected chi connectivity index (χ2v) is 6.75. The summed E-state index contributed by atoms with van der Waals surface area (Å²) in [5.41, 5.74) is 0.755. The lowest BCUT2D eigenvalue weighted by molar-refractivity contribution is -0.134. The van der Waals surface area contributed by atoms with Gasteiger partial charge in [-0.25, -0.2) is 0 Å². The fourth-order valence-corrected chi connectivity index (χ4v) is 3.73. The summed E-state index contributed by atoms with van der Waals surface area (Å²) in [6, 6.07) is 12.2. The number of benzene rings is 1. The van der Waals surface area contributed by atoms with Crippen LogP contribution in [0.25, 0.3) is 0 Å². The van der Waals surface area contributed by atoms with Crippen LogP contribution in [0.1, 0.15) is 23.4 Å². The highest BCUT2D eigenvalue weighted by molar-refractivity contribution is 6.03. The minimum atomic E-state index is -0.466. The highest BCUT2D eigenvalue weighted by Gasteiger charge is 2.40. The fourth-order valence-electron chi connectivity index (χ4n) is 3.73. The molecule has 3 heterocycles. The Hall–Kier alpha value is -3.09. The van der Waals surface area contributed by atoms with Gasteiger partial charge in [0.1, 0.15) is 6.04 Å². The summed E-state index contributed by atoms with van der Waals surface area (Å²) < 4.78 is 5.16. The van der Waals surface area contributed by atoms with E-state index in [2.05, 4.69) is 0 Å². The zero-order valence-corrected chi connectivity index (χ0v) is 14.9. The standard InChI is InChI=1S/C20H21N3O4/c24-18-9-8-16(23(18)15-5-2-1-3-6-15)19(25)21-10-12-22(13-11-21)20(26)17-7-4-14-27-17/h1-7,14,16H,8-13H2. The molecule has 1 atom stereocenters. The smallest absolute Gasteiger partial charge is 0.289 e. The first-order chi connectivity index (χ1) is 13.1. The van der Waals surface area contributed by atoms with Crippen molar-refractivity contribution in [2.45, 2.75) is 18.9 Å². The zero-order chi connectivity index (χ0) is 18.8. The number of hydrogen-bond acceptors (Lipinski definition) is 4. The van der Waals surface area contributed by atoms with Crippen LogP contribution in [0.15, 0.2) is 53.1 Å². The molecule has 0 saturated carbocycles. The number of piperazine rings is 1. The summed E-state index contributed by atoms with van der Waals surface area (Å²) in [7, 11) is 0. The second-order valence-electron chi connectivity index (χ2n) is 6.75. The zero-order valence-electron chi connectivity index (χ0n) is 14.9. The Morgan fingerprint density at radius 3 is 2.30 bits per heavy atom. The Labute approximate surface area is 157 Å². The van der Waals surface area contributed by atoms with Gasteiger partial charge in [-0.1, -0.05) is 18.2 Å². The second kappa shape index (κ2) is 7.26. The average molecular weight is 367 g/mol. The van der Waals surface area contributed by atoms with E-state index in [4.69, 9.17) is 4.42 Å². The molecule has 0 radical (unpaired) electrons. The molecular formula is C20H21N3O4. The Balaban J connectivity index is 1.42. The summed E-state index contributed by atoms with van der Waals surface area (Å²) in [6.45, 7) is 1.83. The van der Waals surface area contributed by atoms with Gasteiger partial charge >= 0.3 is 0 Å². The van der Waals surface area contributed by atoms with Crippen LogP contribution >= 0.6 is 0 Å². The van der Waals surface area contributed by atoms with E-state index in [0.29, 0.717) is 44.8 Å². The van der Waals surface area contributed by atoms with Gasteiger partial charge in [-0.15, -0.1) is 0 Å². The molecule has 0 bridgehead atoms. The van der Waals surface area contributed by atoms with Gasteiger partial charge in [0, 0.05) is 38.3 Å². The van der Waals surface area contributed by atoms with Crippen LogP contribution in [-0.2, 0) is 9.59 Å². The van der Waals surface area contributed by atoms with Crippen molar-refractivity contribution in [1.82, 2.24) is 9.80 Å². The molecule has 2 aromatic rings. The van der Waals surface area contributed by atoms with Gasteiger partial charge in [0.25, 0.3) is 5.91 Å². The monoisotopic (exact) mass is 367 g/mol. The van der Waals surface area contributed by atoms with E-state index in [0.717, 1.165) is 5.69 Å². The molecule has 3 amide bonds. The average Bonchev–Trinajstić information content (AvgIpc) is 3.37. The van der Waals surface area contributed by atoms with E-state index in [9.17, 15) is 14.4 Å². The van der Waals surface area contributed by atoms with Gasteiger partial charge in [-0.2, -0.15) is 0 Å². The maximum Gasteiger partial charge on any atom is 0.289 e. The van der Waals surface area contributed by atoms with Crippen LogP contribution in [0.5, 0.6) is 0 Å². The number of carbonyl (C=O) groups excluding carboxylic acids is 3. The van der Waals surface area contributed by atoms with Gasteiger partial charge in [0.15, 0.2) is 5.76 Å². The summed E-state index contributed by atoms with van der Waals surface area (Å²) in [5.74, 6) is 0.0847. The van der Waals surface area contributed by atoms with E-state index in [1.54, 1.807) is 26.8 Å². The number of amides is 3. The molecule has 27 heavy (non-hydrogen) atoms. The van der Waals surface area contributed by atoms with Crippen molar-refractivity contribution in [2.75, 3.05) is 31.1 Å². The van der Waals surface area contributed by atoms with E-state index >= 15 is 0 Å². The number of hydrogen-bond donors (Lipinski definition) is 0. The minimum Gasteiger partial charge on any atom is -0.459 e. The summed E-state index contributed by atoms with van der Waals surface area (Å²) in [5, 5.41) is 0. The third kappa shape index (κ3) is 3.32. The van der Waals surface area contributed by atoms with E-state index in [1.807, 2.05) is 30.3 Å². The van der Waals surface area contributed by atoms with Gasteiger partial charge in [0.2, 0.25) is 11.8 Å². The van der Waals surface area contributed by atoms with E-state index < -0.39 is 6.04 Å². The molecule has 0 N–H and O–H groups in total. The van der Waals surface area contributed by atoms with Crippen molar-refractivity contribution >= 4 is 23.4 Å². The molecule has 2 aliphatic heterocycles. The molecule has 0 aliphatic carbocycles. The quantitative estimate of drug-likeness (QED) is 0.829. The van der Waals surface area contributed by atoms with Crippen LogP contribution in [0.2, 0.25) is 0 Å². The number of carbonyl (C=O) groups is 3. The molecular weight excluding hydrogens is 346 g/mol. The normalized spacial score (nSPS) is 20.2. The lowest BCUT2D eigenvalue weighted by atomic mass is 10.1. The number of anilines is 1. The van der Waals surface area contributed by atoms with Crippen LogP contribution < -0.4 is 4.90 Å². The van der Waals surface area contributed by atoms with Gasteiger partial charge in [-0.3, -0.25) is 19.3 Å². The molecule has 7 nitrogen and oxygen atoms in total. The number of furan rings is 1. The van der Waals surface area contributed by atoms with Crippen molar-refractivity contribution in [3.63, 3.8) is 0 Å². The predicted molar refractivity (Wildman–Crippen MR) is 98.1 cm³/mol. The molecule has 0 spiro atoms. The van der Waals surface area contributed by atoms with Gasteiger partial charge in [0.05, 0.1) is 6.26 Å². The highest BCUT2D eigenvalue weighted by Crippen LogP contribution is 2.28. The first-order valence-electron chi connectivity index (χ1n) is 9.14. The van der Waals surface area contributed by atoms with Gasteiger partial charge in [-0.05, 0) is 30.7 Å². The molecule has 4 rings (SSSR count). The molecule has 1 aromatic carbocycles. The maximum absolute atomic E-state index is 13.0. The summed E-state index contributed by atoms with van der Waals surface area (Å²) in [6.07, 6.45) is 2.38. The number of nitrogens with zero attached hydrogens (tertiary/aromatic N) is 3. The molecule has 1 aromatic heterocycles. The van der Waals surface area contributed by atoms with Crippen molar-refractivity contribution in [3.8, 4) is 0 Å². The molecule has 140 valence electrons. The van der Waals surface area contributed by atoms with Crippen molar-refractivity contribution in [1.29, 1.82) is 0 Å². The van der Waals surface area contributed by atoms with Crippen LogP contribution in [0, 0.1) is 0 Å². The van der Waals surface area contributed by atoms with Crippen molar-refractivity contribution in [2.24, 2.45) is 0 Å². The summed E-state index contributed by atoms with van der Waals surface area (Å²) in [4.78, 5) is 42.8. The van der Waals surface area contributed by atoms with Crippen LogP contribution in [-0.4, -0.2) is 59.7 Å². The molecule has 2 aliphatic rings. The van der Waals surface area contributed by atoms with Crippen LogP contribution in [0.4, 0.5) is 5.69 Å². The maximum atomic E-state index is 13.0. The largest absolute Gasteiger partial charge is 0.459 e. The lowest BCUT2D eigenvalue weighted by Gasteiger charge is -2.37. The third-order valence-corrected chi connectivity index (χ3v) is 5.14. The van der Waals surface area contributed by atoms with Crippen LogP contribution in [0.3, 0.4) is 0 Å². The highest BCUT2D eigenvalue weighted by atomic mass is 16.3. The first kappa shape index (κ1) is 17.3. The molecule has 2 saturated heterocycles. The van der Waals surface area contributed by atoms with E-state index in [1.165, 1.54) is 6.26 Å². The predicted octanol–water partition coefficient (Wildman–Crippen LogP) is 1.76. The molecule has 7 heteroatoms. The summed E-state index contributed by atoms with van der Waals surface area (Å²) >= 11 is 0. The fraction of sp³-hybridized carbons (Fsp3) is 0.350. The molecule has 2 fully saturated rings. The van der Waals surface area contributed by atoms with Gasteiger partial charge < -0.3 is 14.2 Å². The third-order valence-electron chi connectivity index (χ3n) is 5.14. The van der Waals surface area contributed by atoms with Crippen molar-refractivity contribution in [3.05, 3.63) is 54.5 Å². The Morgan fingerprint density at radius 2 is 1.63 bits per heavy atom. The van der Waals surface area contributed by atoms with E-state index in [-0.39, 0.29) is 17.7 Å². The molecule has 1 unspecified atom stereocenters. The number of para-hydroxylation sites is 1. The van der Waals surface area contributed by atoms with Crippen molar-refractivity contribution < 1.29 is 18.8 Å². The Bertz CT molecular complexity index is 826. The Morgan fingerprint density at radius 1 is 0.926 bits per heavy atom. The number of rotatable bonds is 3. The minimum absolute atomic E-state index is 0.0221. The topological polar surface area (TPSA) is 74.1 Å². The Kier molecular flexibility index (Phi) is 4.66. The first-order valence-corrected chi connectivity index (χ1v) is 9.14. The lowest BCUT2D eigenvalue weighted by Crippen LogP contribution is -2.55. The SMILES string of the molecule is O=C(c1ccco1)N1CCN(C(=O)C2CCC(=O)N2c2ccccc2)CC1.